The van der Waals surface area contributed by atoms with Gasteiger partial charge >= 0.3 is 0 Å². The van der Waals surface area contributed by atoms with Crippen LogP contribution in [0, 0.1) is 0 Å². The van der Waals surface area contributed by atoms with E-state index < -0.39 is 0 Å². The maximum atomic E-state index is 11.1. The summed E-state index contributed by atoms with van der Waals surface area (Å²) in [6.07, 6.45) is 1.52. The Kier molecular flexibility index (Phi) is 3.25. The molecule has 13 heavy (non-hydrogen) atoms. The van der Waals surface area contributed by atoms with Gasteiger partial charge in [0.05, 0.1) is 5.33 Å². The van der Waals surface area contributed by atoms with Crippen LogP contribution in [0.4, 0.5) is 0 Å². The molecule has 1 amide bonds. The zero-order valence-electron chi connectivity index (χ0n) is 7.06. The van der Waals surface area contributed by atoms with Gasteiger partial charge in [-0.05, 0) is 6.07 Å². The van der Waals surface area contributed by atoms with Crippen molar-refractivity contribution >= 4 is 27.6 Å². The average molecular weight is 245 g/mol. The first kappa shape index (κ1) is 9.98. The number of hydrogen-bond acceptors (Lipinski definition) is 2. The molecule has 0 fully saturated rings. The Morgan fingerprint density at radius 1 is 1.62 bits per heavy atom. The minimum atomic E-state index is -0.228. The molecule has 0 aromatic carbocycles. The van der Waals surface area contributed by atoms with Crippen LogP contribution < -0.4 is 5.32 Å². The van der Waals surface area contributed by atoms with E-state index in [9.17, 15) is 9.59 Å². The zero-order chi connectivity index (χ0) is 9.84. The number of H-pyrrole nitrogens is 1. The maximum Gasteiger partial charge on any atom is 0.267 e. The van der Waals surface area contributed by atoms with E-state index >= 15 is 0 Å². The first-order valence-corrected chi connectivity index (χ1v) is 4.81. The van der Waals surface area contributed by atoms with Gasteiger partial charge < -0.3 is 10.3 Å². The molecule has 0 aliphatic heterocycles. The van der Waals surface area contributed by atoms with Gasteiger partial charge in [0.2, 0.25) is 0 Å². The quantitative estimate of drug-likeness (QED) is 0.615. The number of carbonyl (C=O) groups is 2. The molecular weight excluding hydrogens is 236 g/mol. The first-order valence-electron chi connectivity index (χ1n) is 3.68. The predicted molar refractivity (Wildman–Crippen MR) is 52.3 cm³/mol. The molecule has 0 bridgehead atoms. The monoisotopic (exact) mass is 244 g/mol. The van der Waals surface area contributed by atoms with Crippen molar-refractivity contribution in [2.24, 2.45) is 0 Å². The number of Topliss-reactive ketones (excluding diaryl/α,β-unsaturated/α-hetero) is 1. The Morgan fingerprint density at radius 2 is 2.31 bits per heavy atom. The first-order chi connectivity index (χ1) is 6.19. The van der Waals surface area contributed by atoms with Crippen LogP contribution in [-0.4, -0.2) is 29.1 Å². The van der Waals surface area contributed by atoms with Crippen molar-refractivity contribution in [3.05, 3.63) is 23.5 Å². The Balaban J connectivity index is 2.86. The van der Waals surface area contributed by atoms with E-state index in [1.165, 1.54) is 19.3 Å². The van der Waals surface area contributed by atoms with Crippen molar-refractivity contribution < 1.29 is 9.59 Å². The summed E-state index contributed by atoms with van der Waals surface area (Å²) in [4.78, 5) is 24.9. The fourth-order valence-electron chi connectivity index (χ4n) is 0.898. The second-order valence-corrected chi connectivity index (χ2v) is 3.00. The molecule has 0 saturated carbocycles. The summed E-state index contributed by atoms with van der Waals surface area (Å²) < 4.78 is 0. The minimum Gasteiger partial charge on any atom is -0.356 e. The summed E-state index contributed by atoms with van der Waals surface area (Å²) in [5.74, 6) is -0.278. The van der Waals surface area contributed by atoms with E-state index in [-0.39, 0.29) is 17.0 Å². The molecule has 1 rings (SSSR count). The van der Waals surface area contributed by atoms with Crippen molar-refractivity contribution in [2.45, 2.75) is 0 Å². The van der Waals surface area contributed by atoms with Crippen LogP contribution in [0.1, 0.15) is 20.8 Å². The average Bonchev–Trinajstić information content (AvgIpc) is 2.64. The predicted octanol–water partition coefficient (Wildman–Crippen LogP) is 0.952. The fraction of sp³-hybridized carbons (Fsp3) is 0.250. The lowest BCUT2D eigenvalue weighted by atomic mass is 10.2. The molecule has 0 spiro atoms. The number of alkyl halides is 1. The van der Waals surface area contributed by atoms with E-state index in [1.807, 2.05) is 0 Å². The summed E-state index contributed by atoms with van der Waals surface area (Å²) >= 11 is 3.05. The molecule has 0 aliphatic rings. The number of aromatic nitrogens is 1. The van der Waals surface area contributed by atoms with Gasteiger partial charge in [-0.2, -0.15) is 0 Å². The highest BCUT2D eigenvalue weighted by Gasteiger charge is 2.10. The smallest absolute Gasteiger partial charge is 0.267 e. The largest absolute Gasteiger partial charge is 0.356 e. The van der Waals surface area contributed by atoms with Crippen LogP contribution in [0.15, 0.2) is 12.3 Å². The molecule has 5 heteroatoms. The second kappa shape index (κ2) is 4.23. The van der Waals surface area contributed by atoms with Gasteiger partial charge in [-0.25, -0.2) is 0 Å². The Morgan fingerprint density at radius 3 is 2.85 bits per heavy atom. The lowest BCUT2D eigenvalue weighted by Gasteiger charge is -1.92. The number of amides is 1. The lowest BCUT2D eigenvalue weighted by Crippen LogP contribution is -2.17. The second-order valence-electron chi connectivity index (χ2n) is 2.44. The molecule has 0 unspecified atom stereocenters. The van der Waals surface area contributed by atoms with Gasteiger partial charge in [-0.15, -0.1) is 0 Å². The maximum absolute atomic E-state index is 11.1. The molecule has 1 heterocycles. The van der Waals surface area contributed by atoms with Crippen LogP contribution in [0.2, 0.25) is 0 Å². The molecule has 0 aliphatic carbocycles. The summed E-state index contributed by atoms with van der Waals surface area (Å²) in [5, 5.41) is 2.72. The number of ketones is 1. The number of carbonyl (C=O) groups excluding carboxylic acids is 2. The van der Waals surface area contributed by atoms with Crippen LogP contribution in [-0.2, 0) is 0 Å². The molecular formula is C8H9BrN2O2. The van der Waals surface area contributed by atoms with Crippen LogP contribution in [0.3, 0.4) is 0 Å². The third-order valence-corrected chi connectivity index (χ3v) is 2.11. The van der Waals surface area contributed by atoms with Gasteiger partial charge in [0.15, 0.2) is 5.78 Å². The Bertz CT molecular complexity index is 302. The van der Waals surface area contributed by atoms with Gasteiger partial charge in [0.25, 0.3) is 5.91 Å². The van der Waals surface area contributed by atoms with E-state index in [1.54, 1.807) is 0 Å². The number of hydrogen-bond donors (Lipinski definition) is 2. The summed E-state index contributed by atoms with van der Waals surface area (Å²) in [7, 11) is 1.54. The third-order valence-electron chi connectivity index (χ3n) is 1.60. The topological polar surface area (TPSA) is 62.0 Å². The van der Waals surface area contributed by atoms with Gasteiger partial charge in [0, 0.05) is 18.8 Å². The molecule has 1 aromatic heterocycles. The van der Waals surface area contributed by atoms with Crippen LogP contribution in [0.5, 0.6) is 0 Å². The van der Waals surface area contributed by atoms with Crippen molar-refractivity contribution in [1.82, 2.24) is 10.3 Å². The number of aromatic amines is 1. The lowest BCUT2D eigenvalue weighted by molar-refractivity contribution is 0.0958. The van der Waals surface area contributed by atoms with E-state index in [0.29, 0.717) is 11.3 Å². The minimum absolute atomic E-state index is 0.0496. The van der Waals surface area contributed by atoms with Crippen molar-refractivity contribution in [3.63, 3.8) is 0 Å². The van der Waals surface area contributed by atoms with Crippen molar-refractivity contribution in [1.29, 1.82) is 0 Å². The normalized spacial score (nSPS) is 9.69. The fourth-order valence-corrected chi connectivity index (χ4v) is 1.22. The number of halogens is 1. The summed E-state index contributed by atoms with van der Waals surface area (Å²) in [5.41, 5.74) is 0.905. The van der Waals surface area contributed by atoms with E-state index in [2.05, 4.69) is 26.2 Å². The zero-order valence-corrected chi connectivity index (χ0v) is 8.64. The molecule has 0 radical (unpaired) electrons. The summed E-state index contributed by atoms with van der Waals surface area (Å²) in [6, 6.07) is 1.53. The molecule has 0 atom stereocenters. The van der Waals surface area contributed by atoms with Gasteiger partial charge in [0.1, 0.15) is 5.69 Å². The SMILES string of the molecule is CNC(=O)c1cc(C(=O)CBr)c[nH]1. The van der Waals surface area contributed by atoms with E-state index in [0.717, 1.165) is 0 Å². The number of nitrogens with one attached hydrogen (secondary N) is 2. The number of rotatable bonds is 3. The highest BCUT2D eigenvalue weighted by atomic mass is 79.9. The Labute approximate surface area is 83.8 Å². The van der Waals surface area contributed by atoms with Crippen molar-refractivity contribution in [3.8, 4) is 0 Å². The molecule has 1 aromatic rings. The third kappa shape index (κ3) is 2.18. The van der Waals surface area contributed by atoms with Crippen molar-refractivity contribution in [2.75, 3.05) is 12.4 Å². The van der Waals surface area contributed by atoms with Crippen LogP contribution in [0.25, 0.3) is 0 Å². The highest BCUT2D eigenvalue weighted by molar-refractivity contribution is 9.09. The molecule has 0 saturated heterocycles. The van der Waals surface area contributed by atoms with Gasteiger partial charge in [-0.1, -0.05) is 15.9 Å². The highest BCUT2D eigenvalue weighted by Crippen LogP contribution is 2.05. The molecule has 70 valence electrons. The standard InChI is InChI=1S/C8H9BrN2O2/c1-10-8(13)6-2-5(4-11-6)7(12)3-9/h2,4,11H,3H2,1H3,(H,10,13). The molecule has 2 N–H and O–H groups in total. The summed E-state index contributed by atoms with van der Waals surface area (Å²) in [6.45, 7) is 0. The van der Waals surface area contributed by atoms with Crippen LogP contribution >= 0.6 is 15.9 Å². The van der Waals surface area contributed by atoms with E-state index in [4.69, 9.17) is 0 Å². The molecule has 4 nitrogen and oxygen atoms in total. The Hall–Kier alpha value is -1.10. The van der Waals surface area contributed by atoms with Gasteiger partial charge in [-0.3, -0.25) is 9.59 Å².